The first-order valence-corrected chi connectivity index (χ1v) is 8.62. The van der Waals surface area contributed by atoms with Crippen LogP contribution in [0, 0.1) is 11.8 Å². The molecule has 2 rings (SSSR count). The zero-order valence-corrected chi connectivity index (χ0v) is 15.1. The SMILES string of the molecule is COC(=O)C1CCC(C(=O)N(Cc2ccccn2)C(C)(C)C)CC1. The fourth-order valence-corrected chi connectivity index (χ4v) is 3.26. The summed E-state index contributed by atoms with van der Waals surface area (Å²) in [6.07, 6.45) is 4.69. The molecule has 0 aliphatic heterocycles. The minimum absolute atomic E-state index is 0.0196. The lowest BCUT2D eigenvalue weighted by Gasteiger charge is -2.39. The van der Waals surface area contributed by atoms with Gasteiger partial charge in [-0.2, -0.15) is 0 Å². The Morgan fingerprint density at radius 2 is 1.79 bits per heavy atom. The summed E-state index contributed by atoms with van der Waals surface area (Å²) < 4.78 is 4.82. The van der Waals surface area contributed by atoms with Crippen LogP contribution in [0.1, 0.15) is 52.1 Å². The van der Waals surface area contributed by atoms with Crippen LogP contribution < -0.4 is 0 Å². The number of carbonyl (C=O) groups excluding carboxylic acids is 2. The number of ether oxygens (including phenoxy) is 1. The number of pyridine rings is 1. The Kier molecular flexibility index (Phi) is 5.97. The molecule has 24 heavy (non-hydrogen) atoms. The molecule has 5 heteroatoms. The lowest BCUT2D eigenvalue weighted by molar-refractivity contribution is -0.150. The zero-order chi connectivity index (χ0) is 17.7. The number of carbonyl (C=O) groups is 2. The summed E-state index contributed by atoms with van der Waals surface area (Å²) >= 11 is 0. The number of methoxy groups -OCH3 is 1. The van der Waals surface area contributed by atoms with Crippen molar-refractivity contribution in [1.82, 2.24) is 9.88 Å². The molecule has 1 aliphatic rings. The lowest BCUT2D eigenvalue weighted by Crippen LogP contribution is -2.48. The molecule has 132 valence electrons. The second-order valence-corrected chi connectivity index (χ2v) is 7.49. The average molecular weight is 332 g/mol. The monoisotopic (exact) mass is 332 g/mol. The van der Waals surface area contributed by atoms with Crippen molar-refractivity contribution in [3.05, 3.63) is 30.1 Å². The van der Waals surface area contributed by atoms with Gasteiger partial charge in [0.15, 0.2) is 0 Å². The van der Waals surface area contributed by atoms with Crippen LogP contribution in [0.25, 0.3) is 0 Å². The highest BCUT2D eigenvalue weighted by atomic mass is 16.5. The van der Waals surface area contributed by atoms with E-state index >= 15 is 0 Å². The quantitative estimate of drug-likeness (QED) is 0.795. The van der Waals surface area contributed by atoms with Crippen molar-refractivity contribution >= 4 is 11.9 Å². The molecule has 1 amide bonds. The highest BCUT2D eigenvalue weighted by Crippen LogP contribution is 2.32. The molecule has 0 N–H and O–H groups in total. The highest BCUT2D eigenvalue weighted by Gasteiger charge is 2.36. The largest absolute Gasteiger partial charge is 0.469 e. The summed E-state index contributed by atoms with van der Waals surface area (Å²) in [7, 11) is 1.42. The van der Waals surface area contributed by atoms with Gasteiger partial charge in [0.2, 0.25) is 5.91 Å². The first-order chi connectivity index (χ1) is 11.3. The first kappa shape index (κ1) is 18.4. The van der Waals surface area contributed by atoms with Gasteiger partial charge in [0.05, 0.1) is 25.3 Å². The summed E-state index contributed by atoms with van der Waals surface area (Å²) in [4.78, 5) is 31.0. The summed E-state index contributed by atoms with van der Waals surface area (Å²) in [5, 5.41) is 0. The maximum absolute atomic E-state index is 13.1. The number of aromatic nitrogens is 1. The van der Waals surface area contributed by atoms with Crippen molar-refractivity contribution in [2.75, 3.05) is 7.11 Å². The molecule has 1 aliphatic carbocycles. The Morgan fingerprint density at radius 1 is 1.17 bits per heavy atom. The summed E-state index contributed by atoms with van der Waals surface area (Å²) in [6, 6.07) is 5.76. The molecule has 0 spiro atoms. The first-order valence-electron chi connectivity index (χ1n) is 8.62. The molecule has 0 aromatic carbocycles. The number of rotatable bonds is 4. The van der Waals surface area contributed by atoms with E-state index in [9.17, 15) is 9.59 Å². The summed E-state index contributed by atoms with van der Waals surface area (Å²) in [5.41, 5.74) is 0.623. The van der Waals surface area contributed by atoms with Gasteiger partial charge in [-0.3, -0.25) is 14.6 Å². The van der Waals surface area contributed by atoms with Crippen LogP contribution in [0.5, 0.6) is 0 Å². The maximum Gasteiger partial charge on any atom is 0.308 e. The molecule has 1 saturated carbocycles. The third-order valence-electron chi connectivity index (χ3n) is 4.73. The number of esters is 1. The van der Waals surface area contributed by atoms with Crippen LogP contribution in [-0.4, -0.2) is 34.4 Å². The Morgan fingerprint density at radius 3 is 2.29 bits per heavy atom. The number of amides is 1. The van der Waals surface area contributed by atoms with Crippen LogP contribution in [-0.2, 0) is 20.9 Å². The number of hydrogen-bond donors (Lipinski definition) is 0. The lowest BCUT2D eigenvalue weighted by atomic mass is 9.81. The van der Waals surface area contributed by atoms with E-state index in [1.54, 1.807) is 6.20 Å². The van der Waals surface area contributed by atoms with Crippen molar-refractivity contribution in [3.8, 4) is 0 Å². The fraction of sp³-hybridized carbons (Fsp3) is 0.632. The van der Waals surface area contributed by atoms with Crippen LogP contribution in [0.2, 0.25) is 0 Å². The van der Waals surface area contributed by atoms with E-state index in [0.29, 0.717) is 6.54 Å². The maximum atomic E-state index is 13.1. The molecule has 0 bridgehead atoms. The Bertz CT molecular complexity index is 558. The zero-order valence-electron chi connectivity index (χ0n) is 15.1. The van der Waals surface area contributed by atoms with Crippen molar-refractivity contribution in [3.63, 3.8) is 0 Å². The van der Waals surface area contributed by atoms with Crippen molar-refractivity contribution < 1.29 is 14.3 Å². The second-order valence-electron chi connectivity index (χ2n) is 7.49. The van der Waals surface area contributed by atoms with Crippen LogP contribution in [0.15, 0.2) is 24.4 Å². The average Bonchev–Trinajstić information content (AvgIpc) is 2.58. The molecule has 1 aromatic rings. The predicted octanol–water partition coefficient (Wildman–Crippen LogP) is 3.19. The number of hydrogen-bond acceptors (Lipinski definition) is 4. The van der Waals surface area contributed by atoms with E-state index < -0.39 is 0 Å². The van der Waals surface area contributed by atoms with Crippen LogP contribution in [0.4, 0.5) is 0 Å². The van der Waals surface area contributed by atoms with Gasteiger partial charge in [-0.1, -0.05) is 6.07 Å². The highest BCUT2D eigenvalue weighted by molar-refractivity contribution is 5.80. The summed E-state index contributed by atoms with van der Waals surface area (Å²) in [5.74, 6) is -0.0645. The molecular weight excluding hydrogens is 304 g/mol. The van der Waals surface area contributed by atoms with Crippen molar-refractivity contribution in [2.24, 2.45) is 11.8 Å². The summed E-state index contributed by atoms with van der Waals surface area (Å²) in [6.45, 7) is 6.66. The van der Waals surface area contributed by atoms with Gasteiger partial charge in [0, 0.05) is 17.7 Å². The third-order valence-corrected chi connectivity index (χ3v) is 4.73. The van der Waals surface area contributed by atoms with Gasteiger partial charge in [0.1, 0.15) is 0 Å². The molecule has 1 heterocycles. The Balaban J connectivity index is 2.05. The molecule has 0 unspecified atom stereocenters. The normalized spacial score (nSPS) is 21.2. The van der Waals surface area contributed by atoms with Crippen molar-refractivity contribution in [2.45, 2.75) is 58.5 Å². The molecule has 0 radical (unpaired) electrons. The van der Waals surface area contributed by atoms with Gasteiger partial charge in [0.25, 0.3) is 0 Å². The van der Waals surface area contributed by atoms with Gasteiger partial charge < -0.3 is 9.64 Å². The van der Waals surface area contributed by atoms with Crippen LogP contribution in [0.3, 0.4) is 0 Å². The molecule has 1 aromatic heterocycles. The standard InChI is InChI=1S/C19H28N2O3/c1-19(2,3)21(13-16-7-5-6-12-20-16)17(22)14-8-10-15(11-9-14)18(23)24-4/h5-7,12,14-15H,8-11,13H2,1-4H3. The molecule has 1 fully saturated rings. The van der Waals surface area contributed by atoms with Gasteiger partial charge in [-0.15, -0.1) is 0 Å². The van der Waals surface area contributed by atoms with Gasteiger partial charge in [-0.05, 0) is 58.6 Å². The van der Waals surface area contributed by atoms with Gasteiger partial charge >= 0.3 is 5.97 Å². The van der Waals surface area contributed by atoms with Crippen LogP contribution >= 0.6 is 0 Å². The van der Waals surface area contributed by atoms with E-state index in [1.165, 1.54) is 7.11 Å². The molecular formula is C19H28N2O3. The van der Waals surface area contributed by atoms with E-state index in [0.717, 1.165) is 31.4 Å². The Hall–Kier alpha value is -1.91. The van der Waals surface area contributed by atoms with Crippen molar-refractivity contribution in [1.29, 1.82) is 0 Å². The minimum Gasteiger partial charge on any atom is -0.469 e. The Labute approximate surface area is 144 Å². The van der Waals surface area contributed by atoms with E-state index in [1.807, 2.05) is 43.9 Å². The molecule has 0 saturated heterocycles. The molecule has 0 atom stereocenters. The topological polar surface area (TPSA) is 59.5 Å². The minimum atomic E-state index is -0.270. The smallest absolute Gasteiger partial charge is 0.308 e. The molecule has 5 nitrogen and oxygen atoms in total. The second kappa shape index (κ2) is 7.77. The number of nitrogens with zero attached hydrogens (tertiary/aromatic N) is 2. The predicted molar refractivity (Wildman–Crippen MR) is 92.0 cm³/mol. The fourth-order valence-electron chi connectivity index (χ4n) is 3.26. The van der Waals surface area contributed by atoms with E-state index in [2.05, 4.69) is 4.98 Å². The third kappa shape index (κ3) is 4.56. The van der Waals surface area contributed by atoms with Gasteiger partial charge in [-0.25, -0.2) is 0 Å². The van der Waals surface area contributed by atoms with E-state index in [4.69, 9.17) is 4.74 Å². The van der Waals surface area contributed by atoms with E-state index in [-0.39, 0.29) is 29.3 Å².